The largest absolute Gasteiger partial charge is 0.411 e. The predicted octanol–water partition coefficient (Wildman–Crippen LogP) is 2.57. The van der Waals surface area contributed by atoms with Crippen LogP contribution in [0.4, 0.5) is 0 Å². The number of fused-ring (bicyclic) bond motifs is 1. The smallest absolute Gasteiger partial charge is 0.330 e. The molecule has 9 nitrogen and oxygen atoms in total. The van der Waals surface area contributed by atoms with Crippen LogP contribution < -0.4 is 11.2 Å². The SMILES string of the molecule is CCCCn1c(=O)[nH]c(=O)c2c1nc(CSc1nnc(-c3ccccc3)o1)n2C. The predicted molar refractivity (Wildman–Crippen MR) is 110 cm³/mol. The lowest BCUT2D eigenvalue weighted by Crippen LogP contribution is -2.31. The number of hydrogen-bond acceptors (Lipinski definition) is 7. The second-order valence-electron chi connectivity index (χ2n) is 6.55. The van der Waals surface area contributed by atoms with Crippen molar-refractivity contribution in [1.29, 1.82) is 0 Å². The summed E-state index contributed by atoms with van der Waals surface area (Å²) in [5, 5.41) is 8.55. The van der Waals surface area contributed by atoms with Crippen LogP contribution in [0.1, 0.15) is 25.6 Å². The van der Waals surface area contributed by atoms with Crippen molar-refractivity contribution in [1.82, 2.24) is 29.3 Å². The van der Waals surface area contributed by atoms with E-state index >= 15 is 0 Å². The van der Waals surface area contributed by atoms with Gasteiger partial charge in [-0.05, 0) is 18.6 Å². The molecule has 1 aromatic carbocycles. The highest BCUT2D eigenvalue weighted by Crippen LogP contribution is 2.26. The molecule has 29 heavy (non-hydrogen) atoms. The quantitative estimate of drug-likeness (QED) is 0.464. The summed E-state index contributed by atoms with van der Waals surface area (Å²) in [6.07, 6.45) is 1.76. The molecule has 0 spiro atoms. The van der Waals surface area contributed by atoms with Crippen LogP contribution in [-0.4, -0.2) is 29.3 Å². The first-order valence-corrected chi connectivity index (χ1v) is 10.3. The summed E-state index contributed by atoms with van der Waals surface area (Å²) in [4.78, 5) is 31.5. The van der Waals surface area contributed by atoms with E-state index in [4.69, 9.17) is 4.42 Å². The van der Waals surface area contributed by atoms with E-state index < -0.39 is 11.2 Å². The normalized spacial score (nSPS) is 11.4. The minimum atomic E-state index is -0.437. The molecule has 0 aliphatic rings. The number of aromatic amines is 1. The van der Waals surface area contributed by atoms with Gasteiger partial charge in [-0.2, -0.15) is 0 Å². The van der Waals surface area contributed by atoms with Gasteiger partial charge in [-0.15, -0.1) is 10.2 Å². The summed E-state index contributed by atoms with van der Waals surface area (Å²) < 4.78 is 8.93. The maximum atomic E-state index is 12.3. The number of nitrogens with zero attached hydrogens (tertiary/aromatic N) is 5. The molecular formula is C19H20N6O3S. The number of H-pyrrole nitrogens is 1. The van der Waals surface area contributed by atoms with Gasteiger partial charge in [-0.1, -0.05) is 43.3 Å². The lowest BCUT2D eigenvalue weighted by molar-refractivity contribution is 0.465. The van der Waals surface area contributed by atoms with Crippen molar-refractivity contribution in [3.63, 3.8) is 0 Å². The van der Waals surface area contributed by atoms with Crippen molar-refractivity contribution < 1.29 is 4.42 Å². The summed E-state index contributed by atoms with van der Waals surface area (Å²) in [6.45, 7) is 2.55. The van der Waals surface area contributed by atoms with E-state index in [1.807, 2.05) is 37.3 Å². The van der Waals surface area contributed by atoms with Crippen molar-refractivity contribution >= 4 is 22.9 Å². The van der Waals surface area contributed by atoms with Crippen molar-refractivity contribution in [3.8, 4) is 11.5 Å². The number of hydrogen-bond donors (Lipinski definition) is 1. The van der Waals surface area contributed by atoms with Crippen LogP contribution in [0.5, 0.6) is 0 Å². The van der Waals surface area contributed by atoms with E-state index in [1.54, 1.807) is 11.6 Å². The number of nitrogens with one attached hydrogen (secondary N) is 1. The van der Waals surface area contributed by atoms with Gasteiger partial charge >= 0.3 is 5.69 Å². The molecule has 0 aliphatic carbocycles. The van der Waals surface area contributed by atoms with Crippen LogP contribution in [0.25, 0.3) is 22.6 Å². The standard InChI is InChI=1S/C19H20N6O3S/c1-3-4-10-25-15-14(16(26)21-18(25)27)24(2)13(20-15)11-29-19-23-22-17(28-19)12-8-6-5-7-9-12/h5-9H,3-4,10-11H2,1-2H3,(H,21,26,27). The minimum absolute atomic E-state index is 0.381. The van der Waals surface area contributed by atoms with Gasteiger partial charge in [0.15, 0.2) is 11.2 Å². The van der Waals surface area contributed by atoms with Gasteiger partial charge in [0.2, 0.25) is 5.89 Å². The number of imidazole rings is 1. The first-order chi connectivity index (χ1) is 14.1. The number of benzene rings is 1. The molecule has 0 fully saturated rings. The average Bonchev–Trinajstić information content (AvgIpc) is 3.32. The van der Waals surface area contributed by atoms with Crippen LogP contribution in [0.15, 0.2) is 49.6 Å². The Hall–Kier alpha value is -3.14. The first kappa shape index (κ1) is 19.2. The highest BCUT2D eigenvalue weighted by atomic mass is 32.2. The third-order valence-electron chi connectivity index (χ3n) is 4.59. The second kappa shape index (κ2) is 8.08. The molecule has 150 valence electrons. The van der Waals surface area contributed by atoms with E-state index in [1.165, 1.54) is 16.3 Å². The van der Waals surface area contributed by atoms with E-state index in [2.05, 4.69) is 20.2 Å². The molecular weight excluding hydrogens is 392 g/mol. The van der Waals surface area contributed by atoms with E-state index in [9.17, 15) is 9.59 Å². The lowest BCUT2D eigenvalue weighted by Gasteiger charge is -2.04. The molecule has 4 aromatic rings. The van der Waals surface area contributed by atoms with Gasteiger partial charge in [0.25, 0.3) is 10.8 Å². The molecule has 0 atom stereocenters. The minimum Gasteiger partial charge on any atom is -0.411 e. The summed E-state index contributed by atoms with van der Waals surface area (Å²) >= 11 is 1.33. The highest BCUT2D eigenvalue weighted by Gasteiger charge is 2.17. The fraction of sp³-hybridized carbons (Fsp3) is 0.316. The number of aryl methyl sites for hydroxylation is 2. The summed E-state index contributed by atoms with van der Waals surface area (Å²) in [6, 6.07) is 9.52. The molecule has 0 aliphatic heterocycles. The van der Waals surface area contributed by atoms with Crippen LogP contribution in [0.2, 0.25) is 0 Å². The molecule has 0 bridgehead atoms. The Balaban J connectivity index is 1.61. The molecule has 4 rings (SSSR count). The van der Waals surface area contributed by atoms with Crippen LogP contribution in [0.3, 0.4) is 0 Å². The molecule has 3 heterocycles. The molecule has 0 unspecified atom stereocenters. The third kappa shape index (κ3) is 3.75. The second-order valence-corrected chi connectivity index (χ2v) is 7.48. The van der Waals surface area contributed by atoms with Crippen molar-refractivity contribution in [2.75, 3.05) is 0 Å². The van der Waals surface area contributed by atoms with Gasteiger partial charge in [-0.25, -0.2) is 9.78 Å². The number of rotatable bonds is 7. The zero-order valence-electron chi connectivity index (χ0n) is 16.1. The van der Waals surface area contributed by atoms with Crippen molar-refractivity contribution in [2.24, 2.45) is 7.05 Å². The third-order valence-corrected chi connectivity index (χ3v) is 5.41. The maximum Gasteiger partial charge on any atom is 0.330 e. The first-order valence-electron chi connectivity index (χ1n) is 9.28. The zero-order valence-corrected chi connectivity index (χ0v) is 16.9. The Bertz CT molecular complexity index is 1250. The van der Waals surface area contributed by atoms with Gasteiger partial charge in [0.05, 0.1) is 5.75 Å². The highest BCUT2D eigenvalue weighted by molar-refractivity contribution is 7.98. The fourth-order valence-electron chi connectivity index (χ4n) is 3.04. The van der Waals surface area contributed by atoms with E-state index in [-0.39, 0.29) is 0 Å². The summed E-state index contributed by atoms with van der Waals surface area (Å²) in [5.41, 5.74) is 0.763. The zero-order chi connectivity index (χ0) is 20.4. The van der Waals surface area contributed by atoms with Gasteiger partial charge < -0.3 is 8.98 Å². The average molecular weight is 412 g/mol. The topological polar surface area (TPSA) is 112 Å². The number of aromatic nitrogens is 6. The fourth-order valence-corrected chi connectivity index (χ4v) is 3.78. The van der Waals surface area contributed by atoms with Crippen LogP contribution >= 0.6 is 11.8 Å². The van der Waals surface area contributed by atoms with E-state index in [0.717, 1.165) is 18.4 Å². The summed E-state index contributed by atoms with van der Waals surface area (Å²) in [7, 11) is 1.76. The Morgan fingerprint density at radius 2 is 1.97 bits per heavy atom. The monoisotopic (exact) mass is 412 g/mol. The van der Waals surface area contributed by atoms with Crippen molar-refractivity contribution in [3.05, 3.63) is 57.0 Å². The Labute approximate surface area is 169 Å². The van der Waals surface area contributed by atoms with Gasteiger partial charge in [-0.3, -0.25) is 14.3 Å². The van der Waals surface area contributed by atoms with E-state index in [0.29, 0.717) is 40.4 Å². The Morgan fingerprint density at radius 1 is 1.17 bits per heavy atom. The molecule has 3 aromatic heterocycles. The molecule has 0 saturated carbocycles. The molecule has 0 amide bonds. The molecule has 10 heteroatoms. The number of unbranched alkanes of at least 4 members (excludes halogenated alkanes) is 1. The van der Waals surface area contributed by atoms with Gasteiger partial charge in [0, 0.05) is 19.2 Å². The Kier molecular flexibility index (Phi) is 5.34. The Morgan fingerprint density at radius 3 is 2.72 bits per heavy atom. The van der Waals surface area contributed by atoms with Crippen molar-refractivity contribution in [2.45, 2.75) is 37.3 Å². The van der Waals surface area contributed by atoms with Crippen LogP contribution in [-0.2, 0) is 19.3 Å². The lowest BCUT2D eigenvalue weighted by atomic mass is 10.2. The maximum absolute atomic E-state index is 12.3. The number of thioether (sulfide) groups is 1. The molecule has 0 saturated heterocycles. The summed E-state index contributed by atoms with van der Waals surface area (Å²) in [5.74, 6) is 1.51. The molecule has 1 N–H and O–H groups in total. The van der Waals surface area contributed by atoms with Crippen LogP contribution in [0, 0.1) is 0 Å². The van der Waals surface area contributed by atoms with Gasteiger partial charge in [0.1, 0.15) is 5.82 Å². The molecule has 0 radical (unpaired) electrons.